The topological polar surface area (TPSA) is 53.7 Å². The molecule has 226 valence electrons. The highest BCUT2D eigenvalue weighted by Gasteiger charge is 2.40. The molecule has 2 aliphatic rings. The number of aromatic nitrogens is 3. The molecular formula is C35H30F5N3O. The maximum atomic E-state index is 13.7. The first kappa shape index (κ1) is 28.5. The Morgan fingerprint density at radius 1 is 1.00 bits per heavy atom. The number of nitrogens with zero attached hydrogens (tertiary/aromatic N) is 1. The highest BCUT2D eigenvalue weighted by Crippen LogP contribution is 2.49. The van der Waals surface area contributed by atoms with Gasteiger partial charge >= 0.3 is 6.18 Å². The van der Waals surface area contributed by atoms with E-state index < -0.39 is 29.7 Å². The molecule has 5 aromatic rings. The second-order valence-electron chi connectivity index (χ2n) is 12.0. The number of para-hydroxylation sites is 1. The van der Waals surface area contributed by atoms with E-state index in [0.29, 0.717) is 36.3 Å². The van der Waals surface area contributed by atoms with Gasteiger partial charge in [-0.1, -0.05) is 73.2 Å². The Kier molecular flexibility index (Phi) is 6.96. The molecule has 1 fully saturated rings. The molecule has 1 aliphatic heterocycles. The molecule has 3 aromatic carbocycles. The van der Waals surface area contributed by atoms with E-state index in [9.17, 15) is 22.0 Å². The van der Waals surface area contributed by atoms with Gasteiger partial charge in [0.1, 0.15) is 6.10 Å². The first-order valence-electron chi connectivity index (χ1n) is 14.6. The maximum absolute atomic E-state index is 13.7. The van der Waals surface area contributed by atoms with Crippen molar-refractivity contribution in [3.8, 4) is 11.1 Å². The second-order valence-corrected chi connectivity index (χ2v) is 12.0. The van der Waals surface area contributed by atoms with Crippen LogP contribution in [0.4, 0.5) is 22.0 Å². The number of allylic oxidation sites excluding steroid dienone is 1. The largest absolute Gasteiger partial charge is 0.416 e. The molecule has 0 bridgehead atoms. The van der Waals surface area contributed by atoms with Crippen molar-refractivity contribution in [2.24, 2.45) is 0 Å². The first-order valence-corrected chi connectivity index (χ1v) is 14.6. The van der Waals surface area contributed by atoms with E-state index in [2.05, 4.69) is 22.1 Å². The SMILES string of the molecule is CC1(c2[nH]c3ccccc3c2-c2cccc(C(F)(F)F)c2)CCOC(c2cc(C3C(CC(F)F)=Cc4ccccc43)[nH]n2)C1. The van der Waals surface area contributed by atoms with Crippen LogP contribution in [0.2, 0.25) is 0 Å². The summed E-state index contributed by atoms with van der Waals surface area (Å²) in [5.41, 5.74) is 5.68. The van der Waals surface area contributed by atoms with Crippen LogP contribution in [0.5, 0.6) is 0 Å². The lowest BCUT2D eigenvalue weighted by Gasteiger charge is -2.38. The predicted octanol–water partition coefficient (Wildman–Crippen LogP) is 9.57. The lowest BCUT2D eigenvalue weighted by atomic mass is 9.74. The van der Waals surface area contributed by atoms with Gasteiger partial charge in [0.05, 0.1) is 11.3 Å². The summed E-state index contributed by atoms with van der Waals surface area (Å²) in [6.07, 6.45) is -4.65. The lowest BCUT2D eigenvalue weighted by molar-refractivity contribution is -0.137. The summed E-state index contributed by atoms with van der Waals surface area (Å²) in [6.45, 7) is 2.53. The Hall–Kier alpha value is -4.24. The van der Waals surface area contributed by atoms with E-state index in [4.69, 9.17) is 4.74 Å². The van der Waals surface area contributed by atoms with Gasteiger partial charge in [0.25, 0.3) is 0 Å². The minimum atomic E-state index is -4.46. The number of nitrogens with one attached hydrogen (secondary N) is 2. The average molecular weight is 604 g/mol. The van der Waals surface area contributed by atoms with Gasteiger partial charge in [-0.15, -0.1) is 0 Å². The zero-order valence-electron chi connectivity index (χ0n) is 23.9. The molecule has 0 radical (unpaired) electrons. The third-order valence-electron chi connectivity index (χ3n) is 9.06. The van der Waals surface area contributed by atoms with Gasteiger partial charge in [0, 0.05) is 52.2 Å². The molecule has 0 amide bonds. The van der Waals surface area contributed by atoms with Gasteiger partial charge in [0.2, 0.25) is 6.43 Å². The molecule has 0 spiro atoms. The summed E-state index contributed by atoms with van der Waals surface area (Å²) in [5, 5.41) is 8.55. The summed E-state index contributed by atoms with van der Waals surface area (Å²) < 4.78 is 74.3. The molecule has 0 saturated carbocycles. The van der Waals surface area contributed by atoms with Crippen LogP contribution in [0, 0.1) is 0 Å². The summed E-state index contributed by atoms with van der Waals surface area (Å²) in [4.78, 5) is 3.54. The Balaban J connectivity index is 1.24. The second kappa shape index (κ2) is 10.7. The Morgan fingerprint density at radius 2 is 1.80 bits per heavy atom. The smallest absolute Gasteiger partial charge is 0.372 e. The van der Waals surface area contributed by atoms with Crippen LogP contribution < -0.4 is 0 Å². The molecule has 44 heavy (non-hydrogen) atoms. The molecular weight excluding hydrogens is 573 g/mol. The minimum absolute atomic E-state index is 0.329. The van der Waals surface area contributed by atoms with Crippen LogP contribution in [0.25, 0.3) is 28.1 Å². The quantitative estimate of drug-likeness (QED) is 0.190. The van der Waals surface area contributed by atoms with Crippen LogP contribution in [0.1, 0.15) is 72.0 Å². The highest BCUT2D eigenvalue weighted by atomic mass is 19.4. The molecule has 3 atom stereocenters. The van der Waals surface area contributed by atoms with Crippen LogP contribution >= 0.6 is 0 Å². The molecule has 9 heteroatoms. The number of rotatable bonds is 6. The number of ether oxygens (including phenoxy) is 1. The van der Waals surface area contributed by atoms with Gasteiger partial charge in [-0.2, -0.15) is 18.3 Å². The lowest BCUT2D eigenvalue weighted by Crippen LogP contribution is -2.33. The number of alkyl halides is 5. The summed E-state index contributed by atoms with van der Waals surface area (Å²) in [6, 6.07) is 22.7. The number of fused-ring (bicyclic) bond motifs is 2. The van der Waals surface area contributed by atoms with Crippen molar-refractivity contribution in [3.05, 3.63) is 118 Å². The van der Waals surface area contributed by atoms with Crippen molar-refractivity contribution in [1.82, 2.24) is 15.2 Å². The van der Waals surface area contributed by atoms with Crippen molar-refractivity contribution < 1.29 is 26.7 Å². The normalized spacial score (nSPS) is 22.0. The van der Waals surface area contributed by atoms with Crippen LogP contribution in [0.3, 0.4) is 0 Å². The number of hydrogen-bond donors (Lipinski definition) is 2. The Morgan fingerprint density at radius 3 is 2.61 bits per heavy atom. The Bertz CT molecular complexity index is 1870. The standard InChI is InChI=1S/C35H30F5N3O/c1-34(33-32(25-11-4-5-12-26(25)41-33)21-8-6-9-23(16-21)35(38,39)40)13-14-44-29(19-34)27-18-28(43-42-27)31-22(17-30(36)37)15-20-7-2-3-10-24(20)31/h2-12,15-16,18,29-31,41H,13-14,17,19H2,1H3,(H,42,43). The van der Waals surface area contributed by atoms with Crippen molar-refractivity contribution in [3.63, 3.8) is 0 Å². The van der Waals surface area contributed by atoms with Gasteiger partial charge in [-0.25, -0.2) is 8.78 Å². The number of H-pyrrole nitrogens is 2. The summed E-state index contributed by atoms with van der Waals surface area (Å²) in [5.74, 6) is -0.349. The van der Waals surface area contributed by atoms with Gasteiger partial charge < -0.3 is 9.72 Å². The van der Waals surface area contributed by atoms with Crippen LogP contribution in [-0.4, -0.2) is 28.2 Å². The zero-order valence-corrected chi connectivity index (χ0v) is 23.9. The average Bonchev–Trinajstić information content (AvgIpc) is 3.72. The molecule has 3 heterocycles. The van der Waals surface area contributed by atoms with Crippen LogP contribution in [0.15, 0.2) is 84.4 Å². The number of benzene rings is 3. The van der Waals surface area contributed by atoms with E-state index in [-0.39, 0.29) is 12.3 Å². The molecule has 1 saturated heterocycles. The van der Waals surface area contributed by atoms with Gasteiger partial charge in [0.15, 0.2) is 0 Å². The highest BCUT2D eigenvalue weighted by molar-refractivity contribution is 5.98. The minimum Gasteiger partial charge on any atom is -0.372 e. The molecule has 4 nitrogen and oxygen atoms in total. The predicted molar refractivity (Wildman–Crippen MR) is 159 cm³/mol. The fourth-order valence-electron chi connectivity index (χ4n) is 6.94. The monoisotopic (exact) mass is 603 g/mol. The van der Waals surface area contributed by atoms with Crippen molar-refractivity contribution in [2.75, 3.05) is 6.61 Å². The zero-order chi connectivity index (χ0) is 30.6. The molecule has 3 unspecified atom stereocenters. The third-order valence-corrected chi connectivity index (χ3v) is 9.06. The van der Waals surface area contributed by atoms with Crippen molar-refractivity contribution >= 4 is 17.0 Å². The van der Waals surface area contributed by atoms with Crippen molar-refractivity contribution in [2.45, 2.75) is 56.2 Å². The van der Waals surface area contributed by atoms with Gasteiger partial charge in [-0.3, -0.25) is 5.10 Å². The third kappa shape index (κ3) is 5.03. The first-order chi connectivity index (χ1) is 21.1. The fraction of sp³-hybridized carbons (Fsp3) is 0.286. The van der Waals surface area contributed by atoms with E-state index >= 15 is 0 Å². The van der Waals surface area contributed by atoms with E-state index in [0.717, 1.165) is 45.0 Å². The van der Waals surface area contributed by atoms with Crippen molar-refractivity contribution in [1.29, 1.82) is 0 Å². The van der Waals surface area contributed by atoms with Crippen LogP contribution in [-0.2, 0) is 16.3 Å². The van der Waals surface area contributed by atoms with Gasteiger partial charge in [-0.05, 0) is 53.8 Å². The Labute approximate surface area is 251 Å². The molecule has 7 rings (SSSR count). The number of hydrogen-bond acceptors (Lipinski definition) is 2. The fourth-order valence-corrected chi connectivity index (χ4v) is 6.94. The number of aromatic amines is 2. The van der Waals surface area contributed by atoms with E-state index in [1.165, 1.54) is 12.1 Å². The molecule has 2 aromatic heterocycles. The van der Waals surface area contributed by atoms with E-state index in [1.807, 2.05) is 60.7 Å². The molecule has 1 aliphatic carbocycles. The number of halogens is 5. The maximum Gasteiger partial charge on any atom is 0.416 e. The molecule has 2 N–H and O–H groups in total. The summed E-state index contributed by atoms with van der Waals surface area (Å²) in [7, 11) is 0. The summed E-state index contributed by atoms with van der Waals surface area (Å²) >= 11 is 0. The van der Waals surface area contributed by atoms with E-state index in [1.54, 1.807) is 6.07 Å².